The number of carbonyl (C=O) groups excluding carboxylic acids is 1. The summed E-state index contributed by atoms with van der Waals surface area (Å²) >= 11 is 3.44. The molecule has 3 saturated carbocycles. The first kappa shape index (κ1) is 10.3. The largest absolute Gasteiger partial charge is 0.469 e. The Kier molecular flexibility index (Phi) is 2.00. The standard InChI is InChI=1S/C13H13BrO2/c1-16-11(15)13-6-12(7-13,8-13)9-2-4-10(14)5-3-9/h2-5H,6-8H2,1H3. The van der Waals surface area contributed by atoms with Gasteiger partial charge in [-0.05, 0) is 42.4 Å². The Labute approximate surface area is 103 Å². The zero-order chi connectivity index (χ0) is 11.4. The van der Waals surface area contributed by atoms with Crippen molar-refractivity contribution in [3.05, 3.63) is 34.3 Å². The summed E-state index contributed by atoms with van der Waals surface area (Å²) in [6.45, 7) is 0. The van der Waals surface area contributed by atoms with Crippen LogP contribution in [0, 0.1) is 5.41 Å². The molecule has 1 aromatic rings. The lowest BCUT2D eigenvalue weighted by molar-refractivity contribution is -0.198. The fraction of sp³-hybridized carbons (Fsp3) is 0.462. The Bertz CT molecular complexity index is 430. The van der Waals surface area contributed by atoms with Crippen LogP contribution in [0.3, 0.4) is 0 Å². The second-order valence-electron chi connectivity index (χ2n) is 5.09. The molecule has 3 aliphatic rings. The maximum Gasteiger partial charge on any atom is 0.311 e. The molecule has 0 amide bonds. The first-order valence-electron chi connectivity index (χ1n) is 5.45. The van der Waals surface area contributed by atoms with E-state index in [1.54, 1.807) is 0 Å². The van der Waals surface area contributed by atoms with Crippen molar-refractivity contribution in [2.24, 2.45) is 5.41 Å². The third-order valence-corrected chi connectivity index (χ3v) is 4.63. The van der Waals surface area contributed by atoms with Gasteiger partial charge in [0.25, 0.3) is 0 Å². The number of esters is 1. The molecule has 1 aromatic carbocycles. The zero-order valence-electron chi connectivity index (χ0n) is 9.13. The lowest BCUT2D eigenvalue weighted by atomic mass is 9.33. The second-order valence-corrected chi connectivity index (χ2v) is 6.01. The van der Waals surface area contributed by atoms with E-state index in [0.717, 1.165) is 23.7 Å². The molecule has 4 rings (SSSR count). The number of rotatable bonds is 2. The summed E-state index contributed by atoms with van der Waals surface area (Å²) < 4.78 is 5.95. The van der Waals surface area contributed by atoms with Gasteiger partial charge in [0.15, 0.2) is 0 Å². The fourth-order valence-electron chi connectivity index (χ4n) is 3.33. The molecule has 84 valence electrons. The van der Waals surface area contributed by atoms with Gasteiger partial charge in [0, 0.05) is 4.47 Å². The Morgan fingerprint density at radius 1 is 1.25 bits per heavy atom. The van der Waals surface area contributed by atoms with Gasteiger partial charge in [0.05, 0.1) is 12.5 Å². The first-order valence-corrected chi connectivity index (χ1v) is 6.24. The monoisotopic (exact) mass is 280 g/mol. The van der Waals surface area contributed by atoms with Gasteiger partial charge in [-0.25, -0.2) is 0 Å². The average Bonchev–Trinajstić information content (AvgIpc) is 2.16. The lowest BCUT2D eigenvalue weighted by Crippen LogP contribution is -2.68. The molecule has 0 atom stereocenters. The van der Waals surface area contributed by atoms with E-state index in [1.807, 2.05) is 0 Å². The topological polar surface area (TPSA) is 26.3 Å². The van der Waals surface area contributed by atoms with Crippen LogP contribution in [-0.4, -0.2) is 13.1 Å². The van der Waals surface area contributed by atoms with E-state index in [0.29, 0.717) is 0 Å². The van der Waals surface area contributed by atoms with Crippen molar-refractivity contribution >= 4 is 21.9 Å². The van der Waals surface area contributed by atoms with Crippen LogP contribution in [0.1, 0.15) is 24.8 Å². The molecule has 0 aromatic heterocycles. The molecule has 0 radical (unpaired) electrons. The van der Waals surface area contributed by atoms with E-state index in [4.69, 9.17) is 4.74 Å². The minimum atomic E-state index is -0.137. The molecule has 3 fully saturated rings. The van der Waals surface area contributed by atoms with E-state index in [9.17, 15) is 4.79 Å². The van der Waals surface area contributed by atoms with Crippen LogP contribution in [0.4, 0.5) is 0 Å². The molecule has 0 spiro atoms. The van der Waals surface area contributed by atoms with Crippen LogP contribution in [0.25, 0.3) is 0 Å². The molecule has 3 heteroatoms. The van der Waals surface area contributed by atoms with Crippen molar-refractivity contribution in [2.45, 2.75) is 24.7 Å². The van der Waals surface area contributed by atoms with Gasteiger partial charge in [-0.3, -0.25) is 4.79 Å². The van der Waals surface area contributed by atoms with Crippen LogP contribution in [0.2, 0.25) is 0 Å². The molecular weight excluding hydrogens is 268 g/mol. The summed E-state index contributed by atoms with van der Waals surface area (Å²) in [7, 11) is 1.48. The van der Waals surface area contributed by atoms with Crippen molar-refractivity contribution in [3.63, 3.8) is 0 Å². The van der Waals surface area contributed by atoms with Gasteiger partial charge in [-0.1, -0.05) is 28.1 Å². The van der Waals surface area contributed by atoms with Crippen molar-refractivity contribution in [2.75, 3.05) is 7.11 Å². The fourth-order valence-corrected chi connectivity index (χ4v) is 3.59. The summed E-state index contributed by atoms with van der Waals surface area (Å²) in [6, 6.07) is 8.45. The van der Waals surface area contributed by atoms with Crippen molar-refractivity contribution < 1.29 is 9.53 Å². The number of ether oxygens (including phenoxy) is 1. The predicted molar refractivity (Wildman–Crippen MR) is 64.1 cm³/mol. The number of hydrogen-bond acceptors (Lipinski definition) is 2. The molecule has 0 saturated heterocycles. The number of methoxy groups -OCH3 is 1. The van der Waals surface area contributed by atoms with E-state index >= 15 is 0 Å². The van der Waals surface area contributed by atoms with Gasteiger partial charge < -0.3 is 4.74 Å². The Morgan fingerprint density at radius 3 is 2.31 bits per heavy atom. The summed E-state index contributed by atoms with van der Waals surface area (Å²) in [5.74, 6) is -0.0218. The molecule has 2 bridgehead atoms. The molecule has 16 heavy (non-hydrogen) atoms. The SMILES string of the molecule is COC(=O)C12CC(c3ccc(Br)cc3)(C1)C2. The molecule has 0 unspecified atom stereocenters. The first-order chi connectivity index (χ1) is 7.60. The van der Waals surface area contributed by atoms with E-state index in [-0.39, 0.29) is 16.8 Å². The van der Waals surface area contributed by atoms with E-state index < -0.39 is 0 Å². The Hall–Kier alpha value is -0.830. The Morgan fingerprint density at radius 2 is 1.81 bits per heavy atom. The van der Waals surface area contributed by atoms with Crippen molar-refractivity contribution in [1.29, 1.82) is 0 Å². The van der Waals surface area contributed by atoms with Crippen LogP contribution in [0.5, 0.6) is 0 Å². The van der Waals surface area contributed by atoms with Gasteiger partial charge in [-0.2, -0.15) is 0 Å². The highest BCUT2D eigenvalue weighted by Gasteiger charge is 2.72. The molecule has 2 nitrogen and oxygen atoms in total. The highest BCUT2D eigenvalue weighted by atomic mass is 79.9. The number of hydrogen-bond donors (Lipinski definition) is 0. The average molecular weight is 281 g/mol. The van der Waals surface area contributed by atoms with Crippen LogP contribution >= 0.6 is 15.9 Å². The minimum absolute atomic E-state index is 0.0218. The van der Waals surface area contributed by atoms with Gasteiger partial charge in [0.2, 0.25) is 0 Å². The number of halogens is 1. The molecule has 3 aliphatic carbocycles. The molecule has 0 aliphatic heterocycles. The second kappa shape index (κ2) is 3.10. The van der Waals surface area contributed by atoms with Crippen LogP contribution in [0.15, 0.2) is 28.7 Å². The number of carbonyl (C=O) groups is 1. The smallest absolute Gasteiger partial charge is 0.311 e. The maximum atomic E-state index is 11.6. The summed E-state index contributed by atoms with van der Waals surface area (Å²) in [5.41, 5.74) is 1.50. The highest BCUT2D eigenvalue weighted by molar-refractivity contribution is 9.10. The Balaban J connectivity index is 1.78. The third kappa shape index (κ3) is 1.15. The van der Waals surface area contributed by atoms with E-state index in [1.165, 1.54) is 12.7 Å². The summed E-state index contributed by atoms with van der Waals surface area (Å²) in [5, 5.41) is 0. The quantitative estimate of drug-likeness (QED) is 0.779. The van der Waals surface area contributed by atoms with Crippen LogP contribution < -0.4 is 0 Å². The normalized spacial score (nSPS) is 34.9. The van der Waals surface area contributed by atoms with Crippen molar-refractivity contribution in [1.82, 2.24) is 0 Å². The van der Waals surface area contributed by atoms with Gasteiger partial charge in [-0.15, -0.1) is 0 Å². The third-order valence-electron chi connectivity index (χ3n) is 4.11. The predicted octanol–water partition coefficient (Wildman–Crippen LogP) is 3.04. The molecule has 0 heterocycles. The van der Waals surface area contributed by atoms with Gasteiger partial charge in [0.1, 0.15) is 0 Å². The summed E-state index contributed by atoms with van der Waals surface area (Å²) in [6.07, 6.45) is 2.90. The molecule has 0 N–H and O–H groups in total. The molecular formula is C13H13BrO2. The number of benzene rings is 1. The lowest BCUT2D eigenvalue weighted by Gasteiger charge is -2.68. The van der Waals surface area contributed by atoms with E-state index in [2.05, 4.69) is 40.2 Å². The minimum Gasteiger partial charge on any atom is -0.469 e. The van der Waals surface area contributed by atoms with Gasteiger partial charge >= 0.3 is 5.97 Å². The maximum absolute atomic E-state index is 11.6. The zero-order valence-corrected chi connectivity index (χ0v) is 10.7. The highest BCUT2D eigenvalue weighted by Crippen LogP contribution is 2.73. The van der Waals surface area contributed by atoms with Crippen LogP contribution in [-0.2, 0) is 14.9 Å². The summed E-state index contributed by atoms with van der Waals surface area (Å²) in [4.78, 5) is 11.6. The van der Waals surface area contributed by atoms with Crippen molar-refractivity contribution in [3.8, 4) is 0 Å².